The lowest BCUT2D eigenvalue weighted by Crippen LogP contribution is -2.26. The Morgan fingerprint density at radius 1 is 1.62 bits per heavy atom. The van der Waals surface area contributed by atoms with E-state index in [-0.39, 0.29) is 5.56 Å². The smallest absolute Gasteiger partial charge is 0.253 e. The molecular weight excluding hydrogens is 168 g/mol. The summed E-state index contributed by atoms with van der Waals surface area (Å²) in [6.45, 7) is 2.76. The SMILES string of the molecule is Cc1cccn(CCNC=O)c1=O. The molecule has 0 saturated heterocycles. The number of rotatable bonds is 4. The zero-order valence-electron chi connectivity index (χ0n) is 7.49. The lowest BCUT2D eigenvalue weighted by molar-refractivity contribution is -0.109. The molecule has 1 rings (SSSR count). The van der Waals surface area contributed by atoms with Crippen LogP contribution in [0, 0.1) is 6.92 Å². The summed E-state index contributed by atoms with van der Waals surface area (Å²) in [6.07, 6.45) is 2.34. The molecule has 0 fully saturated rings. The maximum Gasteiger partial charge on any atom is 0.253 e. The highest BCUT2D eigenvalue weighted by Crippen LogP contribution is 1.87. The second-order valence-electron chi connectivity index (χ2n) is 2.76. The van der Waals surface area contributed by atoms with Crippen molar-refractivity contribution < 1.29 is 4.79 Å². The summed E-state index contributed by atoms with van der Waals surface area (Å²) in [6, 6.07) is 3.59. The zero-order chi connectivity index (χ0) is 9.68. The lowest BCUT2D eigenvalue weighted by Gasteiger charge is -2.04. The molecule has 4 heteroatoms. The van der Waals surface area contributed by atoms with Crippen LogP contribution >= 0.6 is 0 Å². The number of hydrogen-bond acceptors (Lipinski definition) is 2. The Hall–Kier alpha value is -1.58. The van der Waals surface area contributed by atoms with Gasteiger partial charge in [0.2, 0.25) is 6.41 Å². The molecule has 0 unspecified atom stereocenters. The molecule has 0 bridgehead atoms. The van der Waals surface area contributed by atoms with Crippen molar-refractivity contribution in [2.24, 2.45) is 0 Å². The second-order valence-corrected chi connectivity index (χ2v) is 2.76. The monoisotopic (exact) mass is 180 g/mol. The summed E-state index contributed by atoms with van der Waals surface area (Å²) in [4.78, 5) is 21.4. The Bertz CT molecular complexity index is 344. The molecule has 1 aromatic heterocycles. The summed E-state index contributed by atoms with van der Waals surface area (Å²) < 4.78 is 1.58. The minimum Gasteiger partial charge on any atom is -0.357 e. The van der Waals surface area contributed by atoms with Crippen LogP contribution in [0.15, 0.2) is 23.1 Å². The fourth-order valence-corrected chi connectivity index (χ4v) is 1.08. The predicted octanol–water partition coefficient (Wildman–Crippen LogP) is -0.0973. The number of nitrogens with zero attached hydrogens (tertiary/aromatic N) is 1. The van der Waals surface area contributed by atoms with Crippen LogP contribution in [0.2, 0.25) is 0 Å². The van der Waals surface area contributed by atoms with Crippen molar-refractivity contribution in [3.63, 3.8) is 0 Å². The van der Waals surface area contributed by atoms with Gasteiger partial charge in [-0.15, -0.1) is 0 Å². The van der Waals surface area contributed by atoms with Gasteiger partial charge in [-0.2, -0.15) is 0 Å². The largest absolute Gasteiger partial charge is 0.357 e. The van der Waals surface area contributed by atoms with Gasteiger partial charge < -0.3 is 9.88 Å². The van der Waals surface area contributed by atoms with E-state index in [0.29, 0.717) is 25.1 Å². The number of carbonyl (C=O) groups is 1. The van der Waals surface area contributed by atoms with Crippen molar-refractivity contribution in [2.75, 3.05) is 6.54 Å². The van der Waals surface area contributed by atoms with Gasteiger partial charge >= 0.3 is 0 Å². The van der Waals surface area contributed by atoms with Gasteiger partial charge in [-0.25, -0.2) is 0 Å². The van der Waals surface area contributed by atoms with E-state index in [1.165, 1.54) is 0 Å². The average Bonchev–Trinajstić information content (AvgIpc) is 2.13. The Morgan fingerprint density at radius 3 is 3.08 bits per heavy atom. The number of aryl methyl sites for hydroxylation is 1. The number of aromatic nitrogens is 1. The van der Waals surface area contributed by atoms with E-state index >= 15 is 0 Å². The van der Waals surface area contributed by atoms with E-state index in [2.05, 4.69) is 5.32 Å². The van der Waals surface area contributed by atoms with E-state index in [1.807, 2.05) is 6.07 Å². The number of nitrogens with one attached hydrogen (secondary N) is 1. The standard InChI is InChI=1S/C9H12N2O2/c1-8-3-2-5-11(9(8)13)6-4-10-7-12/h2-3,5,7H,4,6H2,1H3,(H,10,12). The topological polar surface area (TPSA) is 51.1 Å². The maximum absolute atomic E-state index is 11.4. The van der Waals surface area contributed by atoms with Crippen LogP contribution in [0.25, 0.3) is 0 Å². The third kappa shape index (κ3) is 2.43. The fourth-order valence-electron chi connectivity index (χ4n) is 1.08. The molecule has 0 aliphatic carbocycles. The molecule has 0 aromatic carbocycles. The Kier molecular flexibility index (Phi) is 3.25. The molecule has 1 N–H and O–H groups in total. The fraction of sp³-hybridized carbons (Fsp3) is 0.333. The predicted molar refractivity (Wildman–Crippen MR) is 49.5 cm³/mol. The third-order valence-corrected chi connectivity index (χ3v) is 1.79. The Labute approximate surface area is 76.2 Å². The summed E-state index contributed by atoms with van der Waals surface area (Å²) >= 11 is 0. The molecule has 0 aliphatic heterocycles. The molecule has 0 radical (unpaired) electrons. The third-order valence-electron chi connectivity index (χ3n) is 1.79. The quantitative estimate of drug-likeness (QED) is 0.519. The molecule has 13 heavy (non-hydrogen) atoms. The van der Waals surface area contributed by atoms with Crippen LogP contribution in [0.3, 0.4) is 0 Å². The Balaban J connectivity index is 2.72. The first-order chi connectivity index (χ1) is 6.25. The van der Waals surface area contributed by atoms with Crippen LogP contribution in [0.4, 0.5) is 0 Å². The molecule has 0 spiro atoms. The highest BCUT2D eigenvalue weighted by Gasteiger charge is 1.96. The molecular formula is C9H12N2O2. The summed E-state index contributed by atoms with van der Waals surface area (Å²) in [7, 11) is 0. The van der Waals surface area contributed by atoms with Crippen LogP contribution in [-0.4, -0.2) is 17.5 Å². The number of amides is 1. The van der Waals surface area contributed by atoms with Gasteiger partial charge in [-0.05, 0) is 13.0 Å². The van der Waals surface area contributed by atoms with Gasteiger partial charge in [0.25, 0.3) is 5.56 Å². The van der Waals surface area contributed by atoms with E-state index in [4.69, 9.17) is 0 Å². The van der Waals surface area contributed by atoms with E-state index < -0.39 is 0 Å². The molecule has 0 atom stereocenters. The van der Waals surface area contributed by atoms with Crippen molar-refractivity contribution in [1.29, 1.82) is 0 Å². The summed E-state index contributed by atoms with van der Waals surface area (Å²) in [5.74, 6) is 0. The van der Waals surface area contributed by atoms with Crippen LogP contribution in [-0.2, 0) is 11.3 Å². The molecule has 70 valence electrons. The number of carbonyl (C=O) groups excluding carboxylic acids is 1. The van der Waals surface area contributed by atoms with Crippen LogP contribution < -0.4 is 10.9 Å². The van der Waals surface area contributed by atoms with E-state index in [0.717, 1.165) is 0 Å². The van der Waals surface area contributed by atoms with Gasteiger partial charge in [-0.3, -0.25) is 9.59 Å². The van der Waals surface area contributed by atoms with E-state index in [9.17, 15) is 9.59 Å². The van der Waals surface area contributed by atoms with Crippen molar-refractivity contribution in [2.45, 2.75) is 13.5 Å². The van der Waals surface area contributed by atoms with Gasteiger partial charge in [0, 0.05) is 24.8 Å². The number of hydrogen-bond donors (Lipinski definition) is 1. The highest BCUT2D eigenvalue weighted by atomic mass is 16.1. The highest BCUT2D eigenvalue weighted by molar-refractivity contribution is 5.45. The maximum atomic E-state index is 11.4. The van der Waals surface area contributed by atoms with Gasteiger partial charge in [0.15, 0.2) is 0 Å². The van der Waals surface area contributed by atoms with Gasteiger partial charge in [0.1, 0.15) is 0 Å². The minimum absolute atomic E-state index is 0.00445. The first kappa shape index (κ1) is 9.51. The summed E-state index contributed by atoms with van der Waals surface area (Å²) in [5.41, 5.74) is 0.712. The zero-order valence-corrected chi connectivity index (χ0v) is 7.49. The van der Waals surface area contributed by atoms with Gasteiger partial charge in [-0.1, -0.05) is 6.07 Å². The molecule has 1 heterocycles. The molecule has 0 aliphatic rings. The van der Waals surface area contributed by atoms with Gasteiger partial charge in [0.05, 0.1) is 0 Å². The first-order valence-electron chi connectivity index (χ1n) is 4.09. The minimum atomic E-state index is -0.00445. The Morgan fingerprint density at radius 2 is 2.38 bits per heavy atom. The van der Waals surface area contributed by atoms with Crippen LogP contribution in [0.1, 0.15) is 5.56 Å². The van der Waals surface area contributed by atoms with Crippen LogP contribution in [0.5, 0.6) is 0 Å². The molecule has 1 amide bonds. The van der Waals surface area contributed by atoms with Crippen molar-refractivity contribution in [3.05, 3.63) is 34.2 Å². The summed E-state index contributed by atoms with van der Waals surface area (Å²) in [5, 5.41) is 2.50. The van der Waals surface area contributed by atoms with Crippen molar-refractivity contribution in [1.82, 2.24) is 9.88 Å². The van der Waals surface area contributed by atoms with Crippen molar-refractivity contribution >= 4 is 6.41 Å². The molecule has 0 saturated carbocycles. The van der Waals surface area contributed by atoms with E-state index in [1.54, 1.807) is 23.8 Å². The lowest BCUT2D eigenvalue weighted by atomic mass is 10.3. The normalized spacial score (nSPS) is 9.62. The average molecular weight is 180 g/mol. The first-order valence-corrected chi connectivity index (χ1v) is 4.09. The van der Waals surface area contributed by atoms with Crippen molar-refractivity contribution in [3.8, 4) is 0 Å². The second kappa shape index (κ2) is 4.45. The molecule has 1 aromatic rings. The molecule has 4 nitrogen and oxygen atoms in total. The number of pyridine rings is 1.